The quantitative estimate of drug-likeness (QED) is 0.479. The maximum absolute atomic E-state index is 14.9. The number of carbonyl (C=O) groups is 1. The van der Waals surface area contributed by atoms with Crippen LogP contribution in [-0.2, 0) is 17.8 Å². The highest BCUT2D eigenvalue weighted by atomic mass is 35.5. The Hall–Kier alpha value is -3.19. The molecule has 4 aromatic rings. The molecule has 0 unspecified atom stereocenters. The highest BCUT2D eigenvalue weighted by molar-refractivity contribution is 6.32. The zero-order valence-electron chi connectivity index (χ0n) is 16.8. The molecule has 154 valence electrons. The molecule has 0 amide bonds. The largest absolute Gasteiger partial charge is 0.481 e. The molecule has 0 spiro atoms. The van der Waals surface area contributed by atoms with E-state index in [-0.39, 0.29) is 18.8 Å². The number of imidazole rings is 1. The highest BCUT2D eigenvalue weighted by Gasteiger charge is 2.16. The fourth-order valence-electron chi connectivity index (χ4n) is 3.56. The number of aliphatic carboxylic acids is 1. The molecular weight excluding hydrogens is 407 g/mol. The van der Waals surface area contributed by atoms with E-state index >= 15 is 0 Å². The Morgan fingerprint density at radius 3 is 2.70 bits per heavy atom. The van der Waals surface area contributed by atoms with E-state index in [0.717, 1.165) is 22.3 Å². The number of fused-ring (bicyclic) bond motifs is 1. The molecule has 0 bridgehead atoms. The number of rotatable bonds is 5. The van der Waals surface area contributed by atoms with Gasteiger partial charge in [-0.25, -0.2) is 9.37 Å². The summed E-state index contributed by atoms with van der Waals surface area (Å²) in [7, 11) is 0. The SMILES string of the molecule is Cc1cc2[nH]c(-c3ccc(Cn4nc(C)c(CC(=O)O)c4C)c(F)c3)nc2cc1Cl. The van der Waals surface area contributed by atoms with Crippen LogP contribution >= 0.6 is 11.6 Å². The van der Waals surface area contributed by atoms with Crippen LogP contribution < -0.4 is 0 Å². The topological polar surface area (TPSA) is 83.8 Å². The van der Waals surface area contributed by atoms with Crippen molar-refractivity contribution in [2.24, 2.45) is 0 Å². The molecule has 2 aromatic heterocycles. The molecule has 8 heteroatoms. The van der Waals surface area contributed by atoms with E-state index in [2.05, 4.69) is 15.1 Å². The van der Waals surface area contributed by atoms with E-state index in [1.165, 1.54) is 6.07 Å². The van der Waals surface area contributed by atoms with Crippen molar-refractivity contribution in [1.29, 1.82) is 0 Å². The molecule has 2 heterocycles. The second kappa shape index (κ2) is 7.57. The molecule has 6 nitrogen and oxygen atoms in total. The van der Waals surface area contributed by atoms with Gasteiger partial charge < -0.3 is 10.1 Å². The zero-order valence-corrected chi connectivity index (χ0v) is 17.5. The molecule has 0 radical (unpaired) electrons. The lowest BCUT2D eigenvalue weighted by Crippen LogP contribution is -2.07. The third-order valence-corrected chi connectivity index (χ3v) is 5.68. The maximum Gasteiger partial charge on any atom is 0.307 e. The molecular formula is C22H20ClFN4O2. The van der Waals surface area contributed by atoms with Crippen molar-refractivity contribution in [2.45, 2.75) is 33.7 Å². The lowest BCUT2D eigenvalue weighted by molar-refractivity contribution is -0.136. The standard InChI is InChI=1S/C22H20ClFN4O2/c1-11-6-19-20(9-17(11)23)26-22(25-19)14-4-5-15(18(24)7-14)10-28-13(3)16(8-21(29)30)12(2)27-28/h4-7,9H,8,10H2,1-3H3,(H,25,26)(H,29,30). The summed E-state index contributed by atoms with van der Waals surface area (Å²) in [5, 5.41) is 14.1. The average molecular weight is 427 g/mol. The van der Waals surface area contributed by atoms with Gasteiger partial charge in [-0.15, -0.1) is 0 Å². The van der Waals surface area contributed by atoms with Crippen LogP contribution in [0.25, 0.3) is 22.4 Å². The number of hydrogen-bond donors (Lipinski definition) is 2. The lowest BCUT2D eigenvalue weighted by Gasteiger charge is -2.08. The van der Waals surface area contributed by atoms with Crippen LogP contribution in [0.4, 0.5) is 4.39 Å². The zero-order chi connectivity index (χ0) is 21.6. The molecule has 0 aliphatic carbocycles. The van der Waals surface area contributed by atoms with Gasteiger partial charge in [-0.2, -0.15) is 5.10 Å². The van der Waals surface area contributed by atoms with Gasteiger partial charge in [0.05, 0.1) is 29.7 Å². The summed E-state index contributed by atoms with van der Waals surface area (Å²) >= 11 is 6.16. The fraction of sp³-hybridized carbons (Fsp3) is 0.227. The van der Waals surface area contributed by atoms with Crippen molar-refractivity contribution in [3.8, 4) is 11.4 Å². The summed E-state index contributed by atoms with van der Waals surface area (Å²) in [4.78, 5) is 18.8. The molecule has 30 heavy (non-hydrogen) atoms. The second-order valence-electron chi connectivity index (χ2n) is 7.39. The third kappa shape index (κ3) is 3.68. The third-order valence-electron chi connectivity index (χ3n) is 5.27. The Labute approximate surface area is 177 Å². The number of nitrogens with one attached hydrogen (secondary N) is 1. The number of aromatic amines is 1. The van der Waals surface area contributed by atoms with Crippen molar-refractivity contribution in [2.75, 3.05) is 0 Å². The predicted molar refractivity (Wildman–Crippen MR) is 113 cm³/mol. The van der Waals surface area contributed by atoms with Crippen LogP contribution in [0.2, 0.25) is 5.02 Å². The Morgan fingerprint density at radius 1 is 1.23 bits per heavy atom. The van der Waals surface area contributed by atoms with Crippen molar-refractivity contribution < 1.29 is 14.3 Å². The predicted octanol–water partition coefficient (Wildman–Crippen LogP) is 4.82. The summed E-state index contributed by atoms with van der Waals surface area (Å²) in [6.45, 7) is 5.69. The van der Waals surface area contributed by atoms with Crippen LogP contribution in [0.5, 0.6) is 0 Å². The number of aryl methyl sites for hydroxylation is 2. The number of benzene rings is 2. The normalized spacial score (nSPS) is 11.4. The number of halogens is 2. The lowest BCUT2D eigenvalue weighted by atomic mass is 10.1. The number of carboxylic acid groups (broad SMARTS) is 1. The molecule has 2 N–H and O–H groups in total. The van der Waals surface area contributed by atoms with Gasteiger partial charge in [0, 0.05) is 27.4 Å². The summed E-state index contributed by atoms with van der Waals surface area (Å²) in [6, 6.07) is 8.63. The minimum atomic E-state index is -0.918. The first-order valence-electron chi connectivity index (χ1n) is 9.42. The number of H-pyrrole nitrogens is 1. The van der Waals surface area contributed by atoms with Crippen molar-refractivity contribution in [3.05, 3.63) is 69.2 Å². The molecule has 2 aromatic carbocycles. The number of aromatic nitrogens is 4. The smallest absolute Gasteiger partial charge is 0.307 e. The first-order valence-corrected chi connectivity index (χ1v) is 9.80. The number of nitrogens with zero attached hydrogens (tertiary/aromatic N) is 3. The molecule has 0 atom stereocenters. The van der Waals surface area contributed by atoms with Gasteiger partial charge >= 0.3 is 5.97 Å². The fourth-order valence-corrected chi connectivity index (χ4v) is 3.71. The second-order valence-corrected chi connectivity index (χ2v) is 7.79. The number of hydrogen-bond acceptors (Lipinski definition) is 3. The van der Waals surface area contributed by atoms with Crippen LogP contribution in [0.3, 0.4) is 0 Å². The van der Waals surface area contributed by atoms with E-state index in [1.807, 2.05) is 13.0 Å². The Morgan fingerprint density at radius 2 is 2.00 bits per heavy atom. The van der Waals surface area contributed by atoms with Crippen LogP contribution in [0.1, 0.15) is 28.1 Å². The van der Waals surface area contributed by atoms with E-state index in [0.29, 0.717) is 33.2 Å². The van der Waals surface area contributed by atoms with E-state index in [1.54, 1.807) is 36.7 Å². The molecule has 0 saturated carbocycles. The minimum absolute atomic E-state index is 0.103. The van der Waals surface area contributed by atoms with E-state index < -0.39 is 5.97 Å². The van der Waals surface area contributed by atoms with E-state index in [9.17, 15) is 9.18 Å². The van der Waals surface area contributed by atoms with Gasteiger partial charge in [-0.05, 0) is 44.5 Å². The van der Waals surface area contributed by atoms with Crippen LogP contribution in [-0.4, -0.2) is 30.8 Å². The summed E-state index contributed by atoms with van der Waals surface area (Å²) in [5.41, 5.74) is 5.61. The summed E-state index contributed by atoms with van der Waals surface area (Å²) < 4.78 is 16.5. The van der Waals surface area contributed by atoms with Crippen molar-refractivity contribution in [1.82, 2.24) is 19.7 Å². The van der Waals surface area contributed by atoms with Gasteiger partial charge in [0.1, 0.15) is 11.6 Å². The molecule has 0 aliphatic heterocycles. The molecule has 0 aliphatic rings. The maximum atomic E-state index is 14.9. The first kappa shape index (κ1) is 20.1. The highest BCUT2D eigenvalue weighted by Crippen LogP contribution is 2.27. The summed E-state index contributed by atoms with van der Waals surface area (Å²) in [6.07, 6.45) is -0.103. The molecule has 4 rings (SSSR count). The molecule has 0 saturated heterocycles. The Bertz CT molecular complexity index is 1250. The molecule has 0 fully saturated rings. The van der Waals surface area contributed by atoms with Gasteiger partial charge in [-0.3, -0.25) is 9.48 Å². The Kier molecular flexibility index (Phi) is 5.07. The van der Waals surface area contributed by atoms with E-state index in [4.69, 9.17) is 16.7 Å². The van der Waals surface area contributed by atoms with Crippen LogP contribution in [0.15, 0.2) is 30.3 Å². The average Bonchev–Trinajstić information content (AvgIpc) is 3.19. The minimum Gasteiger partial charge on any atom is -0.481 e. The van der Waals surface area contributed by atoms with Crippen molar-refractivity contribution >= 4 is 28.6 Å². The van der Waals surface area contributed by atoms with Gasteiger partial charge in [0.15, 0.2) is 0 Å². The van der Waals surface area contributed by atoms with Gasteiger partial charge in [0.2, 0.25) is 0 Å². The number of carboxylic acids is 1. The van der Waals surface area contributed by atoms with Gasteiger partial charge in [-0.1, -0.05) is 23.7 Å². The van der Waals surface area contributed by atoms with Gasteiger partial charge in [0.25, 0.3) is 0 Å². The van der Waals surface area contributed by atoms with Crippen molar-refractivity contribution in [3.63, 3.8) is 0 Å². The summed E-state index contributed by atoms with van der Waals surface area (Å²) in [5.74, 6) is -0.736. The monoisotopic (exact) mass is 426 g/mol. The Balaban J connectivity index is 1.64. The first-order chi connectivity index (χ1) is 14.2. The van der Waals surface area contributed by atoms with Crippen LogP contribution in [0, 0.1) is 26.6 Å².